The molecule has 32 heavy (non-hydrogen) atoms. The van der Waals surface area contributed by atoms with E-state index in [9.17, 15) is 4.39 Å². The van der Waals surface area contributed by atoms with Crippen molar-refractivity contribution in [3.8, 4) is 5.69 Å². The van der Waals surface area contributed by atoms with Gasteiger partial charge in [-0.15, -0.1) is 0 Å². The van der Waals surface area contributed by atoms with Crippen molar-refractivity contribution in [1.29, 1.82) is 0 Å². The molecule has 2 atom stereocenters. The predicted octanol–water partition coefficient (Wildman–Crippen LogP) is 6.50. The number of benzene rings is 2. The lowest BCUT2D eigenvalue weighted by molar-refractivity contribution is 0.542. The molecule has 2 aromatic carbocycles. The summed E-state index contributed by atoms with van der Waals surface area (Å²) in [7, 11) is 0. The zero-order chi connectivity index (χ0) is 22.2. The largest absolute Gasteiger partial charge is 0.351 e. The Balaban J connectivity index is 1.70. The quantitative estimate of drug-likeness (QED) is 0.336. The number of hydrogen-bond donors (Lipinski definition) is 1. The Bertz CT molecular complexity index is 1290. The number of rotatable bonds is 4. The Morgan fingerprint density at radius 1 is 0.938 bits per heavy atom. The van der Waals surface area contributed by atoms with Crippen molar-refractivity contribution in [1.82, 2.24) is 14.9 Å². The highest BCUT2D eigenvalue weighted by Crippen LogP contribution is 2.43. The second kappa shape index (κ2) is 8.54. The summed E-state index contributed by atoms with van der Waals surface area (Å²) in [6.45, 7) is 0. The molecule has 1 aliphatic heterocycles. The van der Waals surface area contributed by atoms with Crippen molar-refractivity contribution >= 4 is 46.2 Å². The molecule has 8 heteroatoms. The molecule has 3 heterocycles. The Labute approximate surface area is 200 Å². The van der Waals surface area contributed by atoms with E-state index in [1.807, 2.05) is 47.2 Å². The smallest absolute Gasteiger partial charge is 0.174 e. The van der Waals surface area contributed by atoms with Gasteiger partial charge in [-0.05, 0) is 66.8 Å². The van der Waals surface area contributed by atoms with Crippen molar-refractivity contribution in [3.63, 3.8) is 0 Å². The molecular weight excluding hydrogens is 466 g/mol. The first-order valence-corrected chi connectivity index (χ1v) is 11.1. The minimum absolute atomic E-state index is 0.303. The van der Waals surface area contributed by atoms with E-state index in [2.05, 4.69) is 10.3 Å². The lowest BCUT2D eigenvalue weighted by atomic mass is 10.0. The van der Waals surface area contributed by atoms with Gasteiger partial charge in [-0.1, -0.05) is 41.4 Å². The van der Waals surface area contributed by atoms with Crippen LogP contribution in [0.3, 0.4) is 0 Å². The van der Waals surface area contributed by atoms with Crippen LogP contribution in [0.15, 0.2) is 85.2 Å². The van der Waals surface area contributed by atoms with Gasteiger partial charge in [-0.25, -0.2) is 4.39 Å². The Kier molecular flexibility index (Phi) is 5.59. The van der Waals surface area contributed by atoms with Gasteiger partial charge in [0.05, 0.1) is 28.1 Å². The molecule has 0 radical (unpaired) electrons. The van der Waals surface area contributed by atoms with E-state index in [0.29, 0.717) is 20.8 Å². The van der Waals surface area contributed by atoms with E-state index in [-0.39, 0.29) is 17.9 Å². The summed E-state index contributed by atoms with van der Waals surface area (Å²) < 4.78 is 16.9. The number of pyridine rings is 1. The van der Waals surface area contributed by atoms with Gasteiger partial charge in [0.25, 0.3) is 0 Å². The predicted molar refractivity (Wildman–Crippen MR) is 130 cm³/mol. The third-order valence-corrected chi connectivity index (χ3v) is 6.32. The number of halogens is 3. The molecule has 160 valence electrons. The van der Waals surface area contributed by atoms with Crippen LogP contribution in [0.5, 0.6) is 0 Å². The molecule has 4 nitrogen and oxygen atoms in total. The van der Waals surface area contributed by atoms with Crippen LogP contribution in [0.2, 0.25) is 10.0 Å². The number of anilines is 1. The highest BCUT2D eigenvalue weighted by molar-refractivity contribution is 7.80. The topological polar surface area (TPSA) is 33.1 Å². The van der Waals surface area contributed by atoms with E-state index in [4.69, 9.17) is 35.4 Å². The van der Waals surface area contributed by atoms with Crippen molar-refractivity contribution in [2.45, 2.75) is 12.1 Å². The van der Waals surface area contributed by atoms with Gasteiger partial charge in [0, 0.05) is 23.1 Å². The number of nitrogens with zero attached hydrogens (tertiary/aromatic N) is 3. The molecular formula is C24H17Cl2FN4S. The van der Waals surface area contributed by atoms with Crippen LogP contribution in [0.1, 0.15) is 23.5 Å². The van der Waals surface area contributed by atoms with E-state index in [0.717, 1.165) is 17.1 Å². The molecule has 1 saturated heterocycles. The summed E-state index contributed by atoms with van der Waals surface area (Å²) in [6.07, 6.45) is 3.65. The van der Waals surface area contributed by atoms with Gasteiger partial charge < -0.3 is 14.8 Å². The Hall–Kier alpha value is -2.93. The van der Waals surface area contributed by atoms with Crippen molar-refractivity contribution in [3.05, 3.63) is 112 Å². The van der Waals surface area contributed by atoms with Crippen molar-refractivity contribution < 1.29 is 4.39 Å². The van der Waals surface area contributed by atoms with Crippen LogP contribution >= 0.6 is 35.4 Å². The fraction of sp³-hybridized carbons (Fsp3) is 0.0833. The van der Waals surface area contributed by atoms with Gasteiger partial charge in [-0.3, -0.25) is 4.98 Å². The first-order chi connectivity index (χ1) is 15.5. The van der Waals surface area contributed by atoms with Crippen LogP contribution < -0.4 is 10.2 Å². The van der Waals surface area contributed by atoms with Crippen LogP contribution in [-0.2, 0) is 0 Å². The summed E-state index contributed by atoms with van der Waals surface area (Å²) >= 11 is 18.3. The monoisotopic (exact) mass is 482 g/mol. The van der Waals surface area contributed by atoms with E-state index >= 15 is 0 Å². The first-order valence-electron chi connectivity index (χ1n) is 9.92. The molecule has 0 bridgehead atoms. The molecule has 0 aliphatic carbocycles. The molecule has 0 amide bonds. The fourth-order valence-corrected chi connectivity index (χ4v) is 4.93. The van der Waals surface area contributed by atoms with Crippen molar-refractivity contribution in [2.24, 2.45) is 0 Å². The first kappa shape index (κ1) is 20.9. The summed E-state index contributed by atoms with van der Waals surface area (Å²) in [5.41, 5.74) is 2.83. The summed E-state index contributed by atoms with van der Waals surface area (Å²) in [5, 5.41) is 4.83. The van der Waals surface area contributed by atoms with Crippen LogP contribution in [0, 0.1) is 5.82 Å². The van der Waals surface area contributed by atoms with Gasteiger partial charge in [0.2, 0.25) is 0 Å². The second-order valence-corrected chi connectivity index (χ2v) is 8.58. The zero-order valence-corrected chi connectivity index (χ0v) is 18.9. The lowest BCUT2D eigenvalue weighted by Gasteiger charge is -2.29. The highest BCUT2D eigenvalue weighted by atomic mass is 35.5. The van der Waals surface area contributed by atoms with E-state index in [1.54, 1.807) is 41.4 Å². The van der Waals surface area contributed by atoms with E-state index < -0.39 is 0 Å². The lowest BCUT2D eigenvalue weighted by Crippen LogP contribution is -2.31. The number of nitrogens with one attached hydrogen (secondary N) is 1. The minimum Gasteiger partial charge on any atom is -0.351 e. The Morgan fingerprint density at radius 3 is 2.50 bits per heavy atom. The molecule has 2 aromatic heterocycles. The standard InChI is InChI=1S/C24H17Cl2FN4S/c25-15-10-11-19(16(26)14-15)30-13-5-9-21(30)23-22(18-7-3-4-12-28-18)29-24(32)31(23)20-8-2-1-6-17(20)27/h1-14,22-23H,(H,29,32)/t22-,23-/m0/s1. The minimum atomic E-state index is -0.379. The third kappa shape index (κ3) is 3.64. The molecule has 0 unspecified atom stereocenters. The molecule has 0 spiro atoms. The number of aromatic nitrogens is 2. The van der Waals surface area contributed by atoms with Gasteiger partial charge in [0.1, 0.15) is 11.9 Å². The summed E-state index contributed by atoms with van der Waals surface area (Å²) in [5.74, 6) is -0.356. The van der Waals surface area contributed by atoms with Crippen molar-refractivity contribution in [2.75, 3.05) is 4.90 Å². The highest BCUT2D eigenvalue weighted by Gasteiger charge is 2.43. The average molecular weight is 483 g/mol. The molecule has 1 N–H and O–H groups in total. The van der Waals surface area contributed by atoms with Crippen LogP contribution in [0.25, 0.3) is 5.69 Å². The summed E-state index contributed by atoms with van der Waals surface area (Å²) in [4.78, 5) is 6.35. The SMILES string of the molecule is Fc1ccccc1N1C(=S)N[C@@H](c2ccccn2)[C@@H]1c1cccn1-c1ccc(Cl)cc1Cl. The second-order valence-electron chi connectivity index (χ2n) is 7.35. The molecule has 1 fully saturated rings. The molecule has 1 aliphatic rings. The van der Waals surface area contributed by atoms with Gasteiger partial charge in [-0.2, -0.15) is 0 Å². The maximum absolute atomic E-state index is 14.9. The fourth-order valence-electron chi connectivity index (χ4n) is 4.09. The maximum atomic E-state index is 14.9. The van der Waals surface area contributed by atoms with Gasteiger partial charge in [0.15, 0.2) is 5.11 Å². The number of hydrogen-bond acceptors (Lipinski definition) is 2. The van der Waals surface area contributed by atoms with E-state index in [1.165, 1.54) is 6.07 Å². The van der Waals surface area contributed by atoms with Crippen LogP contribution in [-0.4, -0.2) is 14.7 Å². The Morgan fingerprint density at radius 2 is 1.75 bits per heavy atom. The molecule has 5 rings (SSSR count). The van der Waals surface area contributed by atoms with Gasteiger partial charge >= 0.3 is 0 Å². The molecule has 4 aromatic rings. The zero-order valence-electron chi connectivity index (χ0n) is 16.6. The number of para-hydroxylation sites is 1. The third-order valence-electron chi connectivity index (χ3n) is 5.46. The normalized spacial score (nSPS) is 18.1. The maximum Gasteiger partial charge on any atom is 0.174 e. The summed E-state index contributed by atoms with van der Waals surface area (Å²) in [6, 6.07) is 20.9. The number of thiocarbonyl (C=S) groups is 1. The van der Waals surface area contributed by atoms with Crippen LogP contribution in [0.4, 0.5) is 10.1 Å². The average Bonchev–Trinajstić information content (AvgIpc) is 3.39. The molecule has 0 saturated carbocycles.